The molecule has 2 heterocycles. The number of aromatic nitrogens is 3. The molecule has 2 N–H and O–H groups in total. The quantitative estimate of drug-likeness (QED) is 0.671. The smallest absolute Gasteiger partial charge is 0.252 e. The van der Waals surface area contributed by atoms with Gasteiger partial charge in [-0.05, 0) is 48.9 Å². The molecule has 7 nitrogen and oxygen atoms in total. The first-order valence-corrected chi connectivity index (χ1v) is 9.25. The average Bonchev–Trinajstić information content (AvgIpc) is 3.18. The first-order valence-electron chi connectivity index (χ1n) is 8.50. The van der Waals surface area contributed by atoms with Gasteiger partial charge in [0, 0.05) is 21.3 Å². The Morgan fingerprint density at radius 3 is 2.64 bits per heavy atom. The van der Waals surface area contributed by atoms with E-state index in [9.17, 15) is 9.59 Å². The number of amides is 2. The van der Waals surface area contributed by atoms with Crippen molar-refractivity contribution in [3.63, 3.8) is 0 Å². The van der Waals surface area contributed by atoms with Gasteiger partial charge in [-0.2, -0.15) is 4.98 Å². The molecule has 28 heavy (non-hydrogen) atoms. The zero-order chi connectivity index (χ0) is 19.8. The predicted octanol–water partition coefficient (Wildman–Crippen LogP) is 4.08. The monoisotopic (exact) mass is 415 g/mol. The van der Waals surface area contributed by atoms with Gasteiger partial charge in [0.15, 0.2) is 5.82 Å². The van der Waals surface area contributed by atoms with Gasteiger partial charge < -0.3 is 5.32 Å². The maximum Gasteiger partial charge on any atom is 0.252 e. The van der Waals surface area contributed by atoms with Crippen molar-refractivity contribution < 1.29 is 9.59 Å². The Kier molecular flexibility index (Phi) is 4.78. The first kappa shape index (κ1) is 18.5. The van der Waals surface area contributed by atoms with Gasteiger partial charge in [-0.15, -0.1) is 5.10 Å². The number of nitrogens with one attached hydrogen (secondary N) is 2. The van der Waals surface area contributed by atoms with Gasteiger partial charge in [0.2, 0.25) is 11.9 Å². The van der Waals surface area contributed by atoms with Gasteiger partial charge in [0.25, 0.3) is 5.91 Å². The molecule has 1 aliphatic heterocycles. The summed E-state index contributed by atoms with van der Waals surface area (Å²) in [6.45, 7) is 1.86. The number of rotatable bonds is 4. The minimum absolute atomic E-state index is 0.0752. The molecule has 0 spiro atoms. The Balaban J connectivity index is 1.53. The van der Waals surface area contributed by atoms with Crippen LogP contribution < -0.4 is 10.6 Å². The number of carbonyl (C=O) groups excluding carboxylic acids is 2. The Hall–Kier alpha value is -2.90. The van der Waals surface area contributed by atoms with Crippen molar-refractivity contribution in [3.05, 3.63) is 58.1 Å². The Labute approximate surface area is 170 Å². The number of nitrogens with zero attached hydrogens (tertiary/aromatic N) is 3. The second-order valence-corrected chi connectivity index (χ2v) is 7.30. The topological polar surface area (TPSA) is 88.9 Å². The van der Waals surface area contributed by atoms with Crippen LogP contribution in [-0.4, -0.2) is 26.6 Å². The molecule has 1 aromatic heterocycles. The molecule has 0 radical (unpaired) electrons. The van der Waals surface area contributed by atoms with Gasteiger partial charge >= 0.3 is 0 Å². The van der Waals surface area contributed by atoms with Crippen LogP contribution in [0.2, 0.25) is 10.0 Å². The minimum atomic E-state index is -0.775. The van der Waals surface area contributed by atoms with E-state index >= 15 is 0 Å². The van der Waals surface area contributed by atoms with E-state index in [-0.39, 0.29) is 18.2 Å². The summed E-state index contributed by atoms with van der Waals surface area (Å²) in [5.41, 5.74) is 2.25. The van der Waals surface area contributed by atoms with Crippen molar-refractivity contribution in [1.82, 2.24) is 14.8 Å². The lowest BCUT2D eigenvalue weighted by Crippen LogP contribution is -2.24. The van der Waals surface area contributed by atoms with E-state index in [1.165, 1.54) is 4.68 Å². The lowest BCUT2D eigenvalue weighted by atomic mass is 10.1. The summed E-state index contributed by atoms with van der Waals surface area (Å²) >= 11 is 11.9. The largest absolute Gasteiger partial charge is 0.326 e. The molecular weight excluding hydrogens is 401 g/mol. The van der Waals surface area contributed by atoms with E-state index in [0.29, 0.717) is 27.5 Å². The second-order valence-electron chi connectivity index (χ2n) is 6.43. The van der Waals surface area contributed by atoms with Crippen LogP contribution in [0.4, 0.5) is 11.6 Å². The van der Waals surface area contributed by atoms with Gasteiger partial charge in [-0.3, -0.25) is 14.9 Å². The van der Waals surface area contributed by atoms with E-state index in [4.69, 9.17) is 23.2 Å². The average molecular weight is 416 g/mol. The van der Waals surface area contributed by atoms with Crippen LogP contribution in [0.15, 0.2) is 42.5 Å². The lowest BCUT2D eigenvalue weighted by molar-refractivity contribution is -0.123. The summed E-state index contributed by atoms with van der Waals surface area (Å²) in [4.78, 5) is 29.1. The Bertz CT molecular complexity index is 1080. The summed E-state index contributed by atoms with van der Waals surface area (Å²) in [7, 11) is 0. The molecule has 0 fully saturated rings. The number of fused-ring (bicyclic) bond motifs is 1. The fourth-order valence-corrected chi connectivity index (χ4v) is 3.23. The molecule has 9 heteroatoms. The van der Waals surface area contributed by atoms with Crippen LogP contribution in [0.3, 0.4) is 0 Å². The van der Waals surface area contributed by atoms with Crippen LogP contribution in [-0.2, 0) is 9.59 Å². The van der Waals surface area contributed by atoms with E-state index < -0.39 is 6.04 Å². The zero-order valence-electron chi connectivity index (χ0n) is 14.7. The van der Waals surface area contributed by atoms with Gasteiger partial charge in [0.05, 0.1) is 6.42 Å². The Morgan fingerprint density at radius 1 is 1.18 bits per heavy atom. The van der Waals surface area contributed by atoms with Crippen molar-refractivity contribution in [1.29, 1.82) is 0 Å². The highest BCUT2D eigenvalue weighted by Crippen LogP contribution is 2.29. The number of halogens is 2. The van der Waals surface area contributed by atoms with E-state index in [1.807, 2.05) is 13.0 Å². The number of anilines is 2. The van der Waals surface area contributed by atoms with E-state index in [0.717, 1.165) is 11.1 Å². The van der Waals surface area contributed by atoms with Gasteiger partial charge in [-0.25, -0.2) is 4.68 Å². The van der Waals surface area contributed by atoms with Crippen LogP contribution in [0.25, 0.3) is 11.4 Å². The van der Waals surface area contributed by atoms with E-state index in [1.54, 1.807) is 36.4 Å². The van der Waals surface area contributed by atoms with Crippen LogP contribution >= 0.6 is 23.2 Å². The molecule has 3 aromatic rings. The Morgan fingerprint density at radius 2 is 1.89 bits per heavy atom. The standard InChI is InChI=1S/C19H15Cl2N5O2/c1-10-2-5-13(21)8-14(10)22-16(27)9-15-18(28)24-19-23-17(25-26(15)19)11-3-6-12(20)7-4-11/h2-8,15H,9H2,1H3,(H,22,27)(H,23,24,25,28)/t15-/m1/s1. The number of benzene rings is 2. The number of carbonyl (C=O) groups is 2. The first-order chi connectivity index (χ1) is 13.4. The summed E-state index contributed by atoms with van der Waals surface area (Å²) in [6, 6.07) is 11.5. The third kappa shape index (κ3) is 3.58. The SMILES string of the molecule is Cc1ccc(Cl)cc1NC(=O)C[C@@H]1C(=O)Nc2nc(-c3ccc(Cl)cc3)nn21. The number of hydrogen-bond acceptors (Lipinski definition) is 4. The number of aryl methyl sites for hydroxylation is 1. The minimum Gasteiger partial charge on any atom is -0.326 e. The predicted molar refractivity (Wildman–Crippen MR) is 108 cm³/mol. The molecule has 0 aliphatic carbocycles. The zero-order valence-corrected chi connectivity index (χ0v) is 16.3. The third-order valence-electron chi connectivity index (χ3n) is 4.42. The highest BCUT2D eigenvalue weighted by molar-refractivity contribution is 6.31. The van der Waals surface area contributed by atoms with Gasteiger partial charge in [0.1, 0.15) is 6.04 Å². The molecule has 142 valence electrons. The molecule has 0 saturated carbocycles. The van der Waals surface area contributed by atoms with E-state index in [2.05, 4.69) is 20.7 Å². The second kappa shape index (κ2) is 7.26. The maximum atomic E-state index is 12.5. The number of hydrogen-bond donors (Lipinski definition) is 2. The fourth-order valence-electron chi connectivity index (χ4n) is 2.94. The fraction of sp³-hybridized carbons (Fsp3) is 0.158. The molecular formula is C19H15Cl2N5O2. The summed E-state index contributed by atoms with van der Waals surface area (Å²) in [6.07, 6.45) is -0.0752. The molecule has 0 saturated heterocycles. The highest BCUT2D eigenvalue weighted by Gasteiger charge is 2.35. The summed E-state index contributed by atoms with van der Waals surface area (Å²) < 4.78 is 1.44. The normalized spacial score (nSPS) is 15.2. The maximum absolute atomic E-state index is 12.5. The van der Waals surface area contributed by atoms with Crippen molar-refractivity contribution in [2.24, 2.45) is 0 Å². The summed E-state index contributed by atoms with van der Waals surface area (Å²) in [5.74, 6) is 0.118. The molecule has 0 bridgehead atoms. The third-order valence-corrected chi connectivity index (χ3v) is 4.91. The molecule has 4 rings (SSSR count). The van der Waals surface area contributed by atoms with Crippen molar-refractivity contribution in [2.45, 2.75) is 19.4 Å². The molecule has 1 atom stereocenters. The van der Waals surface area contributed by atoms with Crippen LogP contribution in [0.5, 0.6) is 0 Å². The highest BCUT2D eigenvalue weighted by atomic mass is 35.5. The lowest BCUT2D eigenvalue weighted by Gasteiger charge is -2.11. The van der Waals surface area contributed by atoms with Crippen molar-refractivity contribution in [3.8, 4) is 11.4 Å². The van der Waals surface area contributed by atoms with Crippen molar-refractivity contribution >= 4 is 46.7 Å². The molecule has 2 amide bonds. The van der Waals surface area contributed by atoms with Crippen LogP contribution in [0.1, 0.15) is 18.0 Å². The van der Waals surface area contributed by atoms with Crippen LogP contribution in [0, 0.1) is 6.92 Å². The summed E-state index contributed by atoms with van der Waals surface area (Å²) in [5, 5.41) is 11.0. The molecule has 2 aromatic carbocycles. The van der Waals surface area contributed by atoms with Gasteiger partial charge in [-0.1, -0.05) is 29.3 Å². The molecule has 1 aliphatic rings. The molecule has 0 unspecified atom stereocenters. The van der Waals surface area contributed by atoms with Crippen molar-refractivity contribution in [2.75, 3.05) is 10.6 Å².